The van der Waals surface area contributed by atoms with Crippen LogP contribution in [0, 0.1) is 17.3 Å². The van der Waals surface area contributed by atoms with Crippen LogP contribution < -0.4 is 14.8 Å². The summed E-state index contributed by atoms with van der Waals surface area (Å²) in [7, 11) is -2.10. The Kier molecular flexibility index (Phi) is 10.6. The van der Waals surface area contributed by atoms with E-state index in [0.717, 1.165) is 0 Å². The van der Waals surface area contributed by atoms with E-state index in [4.69, 9.17) is 25.8 Å². The molecule has 2 aliphatic carbocycles. The number of Topliss-reactive ketones (excluding diaryl/α,β-unsaturated/α-hetero) is 1. The van der Waals surface area contributed by atoms with Gasteiger partial charge in [-0.3, -0.25) is 19.2 Å². The van der Waals surface area contributed by atoms with Gasteiger partial charge in [-0.25, -0.2) is 13.4 Å². The van der Waals surface area contributed by atoms with Gasteiger partial charge in [-0.15, -0.1) is 6.58 Å². The Bertz CT molecular complexity index is 1850. The van der Waals surface area contributed by atoms with Crippen LogP contribution in [0.15, 0.2) is 36.9 Å². The lowest BCUT2D eigenvalue weighted by Crippen LogP contribution is -2.55. The third kappa shape index (κ3) is 8.68. The maximum absolute atomic E-state index is 14.5. The average Bonchev–Trinajstić information content (AvgIpc) is 3.94. The summed E-state index contributed by atoms with van der Waals surface area (Å²) in [5.41, 5.74) is -2.93. The summed E-state index contributed by atoms with van der Waals surface area (Å²) >= 11 is 6.37. The number of hydrogen-bond donors (Lipinski definition) is 1. The minimum absolute atomic E-state index is 0.0239. The number of fused-ring (bicyclic) bond motifs is 1. The van der Waals surface area contributed by atoms with Crippen LogP contribution in [0.3, 0.4) is 0 Å². The molecule has 1 aromatic heterocycles. The quantitative estimate of drug-likeness (QED) is 0.171. The molecule has 278 valence electrons. The number of rotatable bonds is 13. The van der Waals surface area contributed by atoms with Crippen LogP contribution in [-0.4, -0.2) is 89.8 Å². The minimum atomic E-state index is -3.65. The summed E-state index contributed by atoms with van der Waals surface area (Å²) in [4.78, 5) is 61.2. The molecule has 1 aliphatic heterocycles. The second-order valence-corrected chi connectivity index (χ2v) is 18.6. The van der Waals surface area contributed by atoms with Gasteiger partial charge in [0.25, 0.3) is 0 Å². The molecule has 2 aromatic rings. The van der Waals surface area contributed by atoms with Crippen LogP contribution in [0.1, 0.15) is 73.6 Å². The highest BCUT2D eigenvalue weighted by Gasteiger charge is 2.61. The number of carbonyl (C=O) groups excluding carboxylic acids is 4. The summed E-state index contributed by atoms with van der Waals surface area (Å²) in [6.07, 6.45) is 1.83. The average molecular weight is 746 g/mol. The number of esters is 1. The largest absolute Gasteiger partial charge is 0.497 e. The molecule has 0 radical (unpaired) electrons. The van der Waals surface area contributed by atoms with Crippen LogP contribution in [-0.2, 0) is 33.8 Å². The molecule has 3 aliphatic rings. The summed E-state index contributed by atoms with van der Waals surface area (Å²) in [5, 5.41) is 3.82. The van der Waals surface area contributed by atoms with Gasteiger partial charge in [0.2, 0.25) is 17.7 Å². The number of ketones is 1. The molecule has 2 amide bonds. The number of carbonyl (C=O) groups is 4. The molecule has 0 bridgehead atoms. The molecule has 2 saturated carbocycles. The first-order valence-electron chi connectivity index (χ1n) is 17.2. The Morgan fingerprint density at radius 3 is 2.39 bits per heavy atom. The number of pyridine rings is 1. The van der Waals surface area contributed by atoms with Gasteiger partial charge in [-0.2, -0.15) is 0 Å². The Morgan fingerprint density at radius 2 is 1.82 bits per heavy atom. The van der Waals surface area contributed by atoms with Crippen LogP contribution in [0.2, 0.25) is 5.15 Å². The van der Waals surface area contributed by atoms with E-state index >= 15 is 0 Å². The fraction of sp³-hybridized carbons (Fsp3) is 0.595. The maximum Gasteiger partial charge on any atom is 0.307 e. The van der Waals surface area contributed by atoms with Crippen molar-refractivity contribution < 1.29 is 41.8 Å². The summed E-state index contributed by atoms with van der Waals surface area (Å²) in [6.45, 7) is 14.5. The first kappa shape index (κ1) is 38.5. The number of methoxy groups -OCH3 is 1. The number of likely N-dealkylation sites (tertiary alicyclic amines) is 1. The SMILES string of the molecule is C=C[C@@H]1C[C@]1(NC(=O)[C@@H]1C[C@@H](Oc2nc(Cl)cc3cc(OC)ccc23)CN1C(=O)[C@@H](CC(=O)OC(C)(C)C)C(C)(C)C)C(=O)CS(=O)(=O)C1CC1. The lowest BCUT2D eigenvalue weighted by Gasteiger charge is -2.35. The molecule has 5 atom stereocenters. The molecule has 51 heavy (non-hydrogen) atoms. The van der Waals surface area contributed by atoms with Gasteiger partial charge in [0.05, 0.1) is 31.2 Å². The van der Waals surface area contributed by atoms with Gasteiger partial charge in [0.15, 0.2) is 15.6 Å². The highest BCUT2D eigenvalue weighted by atomic mass is 35.5. The monoisotopic (exact) mass is 745 g/mol. The molecule has 2 heterocycles. The molecule has 0 unspecified atom stereocenters. The van der Waals surface area contributed by atoms with E-state index in [-0.39, 0.29) is 36.8 Å². The third-order valence-electron chi connectivity index (χ3n) is 9.74. The van der Waals surface area contributed by atoms with Crippen molar-refractivity contribution in [1.82, 2.24) is 15.2 Å². The second-order valence-electron chi connectivity index (χ2n) is 16.0. The fourth-order valence-corrected chi connectivity index (χ4v) is 8.61. The number of benzene rings is 1. The van der Waals surface area contributed by atoms with E-state index in [1.807, 2.05) is 20.8 Å². The molecular formula is C37H48ClN3O9S. The van der Waals surface area contributed by atoms with Gasteiger partial charge >= 0.3 is 5.97 Å². The van der Waals surface area contributed by atoms with E-state index in [9.17, 15) is 27.6 Å². The molecule has 1 N–H and O–H groups in total. The third-order valence-corrected chi connectivity index (χ3v) is 12.1. The Balaban J connectivity index is 1.46. The van der Waals surface area contributed by atoms with Crippen LogP contribution in [0.5, 0.6) is 11.6 Å². The van der Waals surface area contributed by atoms with Crippen LogP contribution >= 0.6 is 11.6 Å². The second kappa shape index (κ2) is 14.0. The topological polar surface area (TPSA) is 158 Å². The van der Waals surface area contributed by atoms with E-state index in [1.165, 1.54) is 11.0 Å². The molecule has 5 rings (SSSR count). The number of nitrogens with one attached hydrogen (secondary N) is 1. The number of aromatic nitrogens is 1. The first-order chi connectivity index (χ1) is 23.7. The Labute approximate surface area is 304 Å². The zero-order chi connectivity index (χ0) is 37.7. The molecule has 0 spiro atoms. The van der Waals surface area contributed by atoms with Crippen molar-refractivity contribution in [3.05, 3.63) is 42.1 Å². The molecule has 1 aromatic carbocycles. The van der Waals surface area contributed by atoms with Gasteiger partial charge in [-0.1, -0.05) is 38.4 Å². The maximum atomic E-state index is 14.5. The zero-order valence-electron chi connectivity index (χ0n) is 30.3. The van der Waals surface area contributed by atoms with Crippen molar-refractivity contribution in [2.24, 2.45) is 17.3 Å². The number of nitrogens with zero attached hydrogens (tertiary/aromatic N) is 2. The summed E-state index contributed by atoms with van der Waals surface area (Å²) in [5.74, 6) is -3.45. The highest BCUT2D eigenvalue weighted by molar-refractivity contribution is 7.93. The number of halogens is 1. The highest BCUT2D eigenvalue weighted by Crippen LogP contribution is 2.46. The van der Waals surface area contributed by atoms with Gasteiger partial charge in [-0.05, 0) is 75.1 Å². The predicted octanol–water partition coefficient (Wildman–Crippen LogP) is 4.85. The minimum Gasteiger partial charge on any atom is -0.497 e. The molecule has 14 heteroatoms. The standard InChI is InChI=1S/C37H48ClN3O9S/c1-9-22-18-37(22,29(42)20-51(46,47)25-11-12-25)40-32(44)28-16-24(49-33-26-13-10-23(48-8)14-21(26)15-30(38)39-33)19-41(28)34(45)27(35(2,3)4)17-31(43)50-36(5,6)7/h9-10,13-15,22,24-25,27-28H,1,11-12,16-20H2,2-8H3,(H,40,44)/t22-,24-,27-,28+,37-/m1/s1. The Morgan fingerprint density at radius 1 is 1.14 bits per heavy atom. The predicted molar refractivity (Wildman–Crippen MR) is 192 cm³/mol. The van der Waals surface area contributed by atoms with Gasteiger partial charge < -0.3 is 24.4 Å². The van der Waals surface area contributed by atoms with E-state index in [1.54, 1.807) is 52.1 Å². The van der Waals surface area contributed by atoms with Crippen molar-refractivity contribution in [3.63, 3.8) is 0 Å². The van der Waals surface area contributed by atoms with Crippen molar-refractivity contribution in [2.75, 3.05) is 19.4 Å². The van der Waals surface area contributed by atoms with Crippen molar-refractivity contribution in [3.8, 4) is 11.6 Å². The Hall–Kier alpha value is -3.71. The van der Waals surface area contributed by atoms with E-state index < -0.39 is 84.9 Å². The molecule has 1 saturated heterocycles. The summed E-state index contributed by atoms with van der Waals surface area (Å²) in [6, 6.07) is 5.86. The number of hydrogen-bond acceptors (Lipinski definition) is 10. The number of ether oxygens (including phenoxy) is 3. The van der Waals surface area contributed by atoms with Gasteiger partial charge in [0, 0.05) is 17.7 Å². The molecule has 12 nitrogen and oxygen atoms in total. The van der Waals surface area contributed by atoms with Crippen molar-refractivity contribution in [1.29, 1.82) is 0 Å². The zero-order valence-corrected chi connectivity index (χ0v) is 31.9. The van der Waals surface area contributed by atoms with E-state index in [2.05, 4.69) is 16.9 Å². The number of sulfone groups is 1. The lowest BCUT2D eigenvalue weighted by atomic mass is 9.77. The van der Waals surface area contributed by atoms with Crippen molar-refractivity contribution in [2.45, 2.75) is 102 Å². The number of amides is 2. The van der Waals surface area contributed by atoms with Crippen LogP contribution in [0.4, 0.5) is 0 Å². The molecule has 3 fully saturated rings. The van der Waals surface area contributed by atoms with Crippen LogP contribution in [0.25, 0.3) is 10.8 Å². The van der Waals surface area contributed by atoms with Gasteiger partial charge in [0.1, 0.15) is 39.9 Å². The fourth-order valence-electron chi connectivity index (χ4n) is 6.70. The first-order valence-corrected chi connectivity index (χ1v) is 19.3. The molecular weight excluding hydrogens is 698 g/mol. The normalized spacial score (nSPS) is 24.1. The lowest BCUT2D eigenvalue weighted by molar-refractivity contribution is -0.161. The van der Waals surface area contributed by atoms with E-state index in [0.29, 0.717) is 29.4 Å². The summed E-state index contributed by atoms with van der Waals surface area (Å²) < 4.78 is 42.9. The smallest absolute Gasteiger partial charge is 0.307 e. The van der Waals surface area contributed by atoms with Crippen molar-refractivity contribution >= 4 is 55.8 Å².